The molecule has 2 aromatic rings. The zero-order valence-corrected chi connectivity index (χ0v) is 14.2. The number of halogens is 2. The minimum absolute atomic E-state index is 0.311. The Hall–Kier alpha value is -1.47. The molecule has 0 unspecified atom stereocenters. The Morgan fingerprint density at radius 2 is 2.14 bits per heavy atom. The number of nitrogens with one attached hydrogen (secondary N) is 1. The quantitative estimate of drug-likeness (QED) is 0.580. The molecule has 0 spiro atoms. The van der Waals surface area contributed by atoms with E-state index in [0.717, 1.165) is 3.57 Å². The van der Waals surface area contributed by atoms with Crippen LogP contribution in [-0.4, -0.2) is 12.5 Å². The van der Waals surface area contributed by atoms with E-state index in [1.165, 1.54) is 0 Å². The van der Waals surface area contributed by atoms with Gasteiger partial charge in [0.1, 0.15) is 0 Å². The average molecular weight is 417 g/mol. The first-order valence-corrected chi connectivity index (χ1v) is 7.76. The third kappa shape index (κ3) is 3.79. The number of rotatable bonds is 4. The van der Waals surface area contributed by atoms with Gasteiger partial charge in [-0.05, 0) is 59.8 Å². The van der Waals surface area contributed by atoms with Crippen molar-refractivity contribution in [1.29, 1.82) is 0 Å². The largest absolute Gasteiger partial charge is 0.491 e. The van der Waals surface area contributed by atoms with Crippen molar-refractivity contribution in [3.05, 3.63) is 50.6 Å². The van der Waals surface area contributed by atoms with Gasteiger partial charge in [0.25, 0.3) is 5.91 Å². The normalized spacial score (nSPS) is 10.2. The predicted octanol–water partition coefficient (Wildman–Crippen LogP) is 4.18. The Kier molecular flexibility index (Phi) is 5.30. The molecule has 1 amide bonds. The van der Waals surface area contributed by atoms with Crippen molar-refractivity contribution in [2.24, 2.45) is 0 Å². The van der Waals surface area contributed by atoms with Crippen LogP contribution in [0.4, 0.5) is 11.4 Å². The molecule has 2 rings (SSSR count). The highest BCUT2D eigenvalue weighted by atomic mass is 127. The highest BCUT2D eigenvalue weighted by Crippen LogP contribution is 2.29. The minimum atomic E-state index is -0.311. The number of ether oxygens (including phenoxy) is 1. The number of carbonyl (C=O) groups is 1. The van der Waals surface area contributed by atoms with Crippen LogP contribution in [0.3, 0.4) is 0 Å². The molecule has 0 saturated carbocycles. The summed E-state index contributed by atoms with van der Waals surface area (Å²) in [6.07, 6.45) is 0. The molecule has 0 radical (unpaired) electrons. The molecule has 0 fully saturated rings. The second-order valence-corrected chi connectivity index (χ2v) is 5.89. The van der Waals surface area contributed by atoms with Gasteiger partial charge in [-0.25, -0.2) is 0 Å². The maximum absolute atomic E-state index is 12.4. The molecule has 0 atom stereocenters. The van der Waals surface area contributed by atoms with Gasteiger partial charge in [-0.2, -0.15) is 0 Å². The number of carbonyl (C=O) groups excluding carboxylic acids is 1. The molecule has 6 heteroatoms. The van der Waals surface area contributed by atoms with Crippen LogP contribution in [0.25, 0.3) is 0 Å². The number of nitrogens with two attached hydrogens (primary N) is 1. The molecule has 0 aromatic heterocycles. The van der Waals surface area contributed by atoms with Gasteiger partial charge in [0, 0.05) is 3.57 Å². The summed E-state index contributed by atoms with van der Waals surface area (Å²) in [6, 6.07) is 10.5. The maximum Gasteiger partial charge on any atom is 0.259 e. The summed E-state index contributed by atoms with van der Waals surface area (Å²) in [5, 5.41) is 3.25. The van der Waals surface area contributed by atoms with Crippen LogP contribution in [0.1, 0.15) is 17.3 Å². The van der Waals surface area contributed by atoms with Crippen molar-refractivity contribution in [3.63, 3.8) is 0 Å². The first-order chi connectivity index (χ1) is 10.0. The van der Waals surface area contributed by atoms with E-state index in [4.69, 9.17) is 22.1 Å². The highest BCUT2D eigenvalue weighted by molar-refractivity contribution is 14.1. The zero-order chi connectivity index (χ0) is 15.4. The minimum Gasteiger partial charge on any atom is -0.491 e. The predicted molar refractivity (Wildman–Crippen MR) is 94.1 cm³/mol. The molecule has 0 aliphatic rings. The van der Waals surface area contributed by atoms with Crippen molar-refractivity contribution in [2.75, 3.05) is 17.7 Å². The number of amides is 1. The summed E-state index contributed by atoms with van der Waals surface area (Å²) in [5.74, 6) is 0.0768. The lowest BCUT2D eigenvalue weighted by molar-refractivity contribution is 0.102. The van der Waals surface area contributed by atoms with Crippen LogP contribution < -0.4 is 15.8 Å². The van der Waals surface area contributed by atoms with E-state index in [0.29, 0.717) is 34.3 Å². The van der Waals surface area contributed by atoms with Gasteiger partial charge in [-0.15, -0.1) is 0 Å². The summed E-state index contributed by atoms with van der Waals surface area (Å²) in [4.78, 5) is 12.4. The molecular weight excluding hydrogens is 403 g/mol. The molecule has 0 bridgehead atoms. The Morgan fingerprint density at radius 1 is 1.38 bits per heavy atom. The van der Waals surface area contributed by atoms with E-state index in [1.54, 1.807) is 30.3 Å². The van der Waals surface area contributed by atoms with Crippen molar-refractivity contribution in [3.8, 4) is 5.75 Å². The van der Waals surface area contributed by atoms with E-state index in [1.807, 2.05) is 13.0 Å². The number of benzene rings is 2. The fourth-order valence-electron chi connectivity index (χ4n) is 1.82. The molecule has 0 heterocycles. The number of hydrogen-bond donors (Lipinski definition) is 2. The van der Waals surface area contributed by atoms with Gasteiger partial charge in [-0.3, -0.25) is 4.79 Å². The lowest BCUT2D eigenvalue weighted by Crippen LogP contribution is -2.15. The van der Waals surface area contributed by atoms with Crippen LogP contribution >= 0.6 is 34.2 Å². The Morgan fingerprint density at radius 3 is 2.81 bits per heavy atom. The van der Waals surface area contributed by atoms with E-state index < -0.39 is 0 Å². The lowest BCUT2D eigenvalue weighted by Gasteiger charge is -2.13. The van der Waals surface area contributed by atoms with Gasteiger partial charge >= 0.3 is 0 Å². The van der Waals surface area contributed by atoms with Crippen LogP contribution in [0, 0.1) is 3.57 Å². The van der Waals surface area contributed by atoms with Crippen molar-refractivity contribution in [1.82, 2.24) is 0 Å². The van der Waals surface area contributed by atoms with Gasteiger partial charge < -0.3 is 15.8 Å². The molecule has 3 N–H and O–H groups in total. The number of para-hydroxylation sites is 1. The third-order valence-electron chi connectivity index (χ3n) is 2.76. The molecule has 0 aliphatic carbocycles. The zero-order valence-electron chi connectivity index (χ0n) is 11.3. The molecule has 4 nitrogen and oxygen atoms in total. The summed E-state index contributed by atoms with van der Waals surface area (Å²) < 4.78 is 6.45. The van der Waals surface area contributed by atoms with E-state index in [-0.39, 0.29) is 5.91 Å². The lowest BCUT2D eigenvalue weighted by atomic mass is 10.1. The first-order valence-electron chi connectivity index (χ1n) is 6.30. The SMILES string of the molecule is CCOc1c(N)cccc1C(=O)Nc1ccc(I)cc1Cl. The summed E-state index contributed by atoms with van der Waals surface area (Å²) >= 11 is 8.27. The number of nitrogen functional groups attached to an aromatic ring is 1. The second-order valence-electron chi connectivity index (χ2n) is 4.24. The fraction of sp³-hybridized carbons (Fsp3) is 0.133. The molecule has 2 aromatic carbocycles. The van der Waals surface area contributed by atoms with Gasteiger partial charge in [-0.1, -0.05) is 17.7 Å². The summed E-state index contributed by atoms with van der Waals surface area (Å²) in [6.45, 7) is 2.27. The average Bonchev–Trinajstić information content (AvgIpc) is 2.44. The van der Waals surface area contributed by atoms with Crippen molar-refractivity contribution in [2.45, 2.75) is 6.92 Å². The summed E-state index contributed by atoms with van der Waals surface area (Å²) in [5.41, 5.74) is 7.21. The molecule has 21 heavy (non-hydrogen) atoms. The third-order valence-corrected chi connectivity index (χ3v) is 3.74. The maximum atomic E-state index is 12.4. The second kappa shape index (κ2) is 7.00. The Balaban J connectivity index is 2.30. The molecule has 0 saturated heterocycles. The van der Waals surface area contributed by atoms with E-state index in [9.17, 15) is 4.79 Å². The van der Waals surface area contributed by atoms with Crippen LogP contribution in [-0.2, 0) is 0 Å². The number of anilines is 2. The first kappa shape index (κ1) is 15.9. The van der Waals surface area contributed by atoms with Gasteiger partial charge in [0.2, 0.25) is 0 Å². The van der Waals surface area contributed by atoms with Crippen molar-refractivity contribution < 1.29 is 9.53 Å². The topological polar surface area (TPSA) is 64.3 Å². The fourth-order valence-corrected chi connectivity index (χ4v) is 2.72. The van der Waals surface area contributed by atoms with Crippen molar-refractivity contribution >= 4 is 51.5 Å². The smallest absolute Gasteiger partial charge is 0.259 e. The molecule has 0 aliphatic heterocycles. The van der Waals surface area contributed by atoms with Crippen LogP contribution in [0.5, 0.6) is 5.75 Å². The Bertz CT molecular complexity index is 677. The summed E-state index contributed by atoms with van der Waals surface area (Å²) in [7, 11) is 0. The standard InChI is InChI=1S/C15H14ClIN2O2/c1-2-21-14-10(4-3-5-12(14)18)15(20)19-13-7-6-9(17)8-11(13)16/h3-8H,2,18H2,1H3,(H,19,20). The van der Waals surface area contributed by atoms with Crippen LogP contribution in [0.2, 0.25) is 5.02 Å². The molecule has 110 valence electrons. The van der Waals surface area contributed by atoms with E-state index >= 15 is 0 Å². The number of hydrogen-bond acceptors (Lipinski definition) is 3. The Labute approximate surface area is 141 Å². The van der Waals surface area contributed by atoms with Crippen LogP contribution in [0.15, 0.2) is 36.4 Å². The monoisotopic (exact) mass is 416 g/mol. The van der Waals surface area contributed by atoms with Gasteiger partial charge in [0.05, 0.1) is 28.6 Å². The molecular formula is C15H14ClIN2O2. The van der Waals surface area contributed by atoms with E-state index in [2.05, 4.69) is 27.9 Å². The van der Waals surface area contributed by atoms with Gasteiger partial charge in [0.15, 0.2) is 5.75 Å². The highest BCUT2D eigenvalue weighted by Gasteiger charge is 2.16.